The molecule has 0 spiro atoms. The number of aromatic nitrogens is 2. The zero-order valence-corrected chi connectivity index (χ0v) is 12.1. The van der Waals surface area contributed by atoms with Gasteiger partial charge in [-0.2, -0.15) is 18.2 Å². The second-order valence-electron chi connectivity index (χ2n) is 4.72. The third kappa shape index (κ3) is 3.74. The van der Waals surface area contributed by atoms with Crippen molar-refractivity contribution in [2.75, 3.05) is 30.0 Å². The van der Waals surface area contributed by atoms with Crippen LogP contribution in [0.25, 0.3) is 0 Å². The summed E-state index contributed by atoms with van der Waals surface area (Å²) in [6.07, 6.45) is -3.51. The normalized spacial score (nSPS) is 21.2. The Morgan fingerprint density at radius 3 is 2.62 bits per heavy atom. The van der Waals surface area contributed by atoms with Crippen LogP contribution in [0.3, 0.4) is 0 Å². The first-order chi connectivity index (χ1) is 9.72. The Labute approximate surface area is 120 Å². The van der Waals surface area contributed by atoms with Crippen molar-refractivity contribution < 1.29 is 21.6 Å². The topological polar surface area (TPSA) is 84.0 Å². The first-order valence-electron chi connectivity index (χ1n) is 6.32. The predicted octanol–water partition coefficient (Wildman–Crippen LogP) is 1.53. The van der Waals surface area contributed by atoms with Crippen LogP contribution in [0.2, 0.25) is 0 Å². The van der Waals surface area contributed by atoms with E-state index in [0.717, 1.165) is 6.07 Å². The van der Waals surface area contributed by atoms with E-state index < -0.39 is 27.0 Å². The minimum absolute atomic E-state index is 0.0415. The lowest BCUT2D eigenvalue weighted by Gasteiger charge is -2.14. The molecule has 0 saturated carbocycles. The molecule has 21 heavy (non-hydrogen) atoms. The lowest BCUT2D eigenvalue weighted by atomic mass is 10.2. The third-order valence-corrected chi connectivity index (χ3v) is 5.49. The van der Waals surface area contributed by atoms with Crippen LogP contribution in [0, 0.1) is 0 Å². The van der Waals surface area contributed by atoms with E-state index in [9.17, 15) is 21.6 Å². The van der Waals surface area contributed by atoms with Crippen LogP contribution in [0.1, 0.15) is 18.5 Å². The van der Waals surface area contributed by atoms with E-state index in [1.54, 1.807) is 0 Å². The maximum Gasteiger partial charge on any atom is 0.433 e. The Hall–Kier alpha value is -1.58. The number of rotatable bonds is 4. The van der Waals surface area contributed by atoms with Crippen molar-refractivity contribution >= 4 is 21.6 Å². The van der Waals surface area contributed by atoms with Gasteiger partial charge in [-0.05, 0) is 12.8 Å². The standard InChI is InChI=1S/C11H15F3N4O2S/c1-15-10-17-8(11(12,13)14)5-9(18-10)16-6-7-3-2-4-21(7,19)20/h5,7H,2-4,6H2,1H3,(H2,15,16,17,18). The molecular formula is C11H15F3N4O2S. The highest BCUT2D eigenvalue weighted by molar-refractivity contribution is 7.92. The summed E-state index contributed by atoms with van der Waals surface area (Å²) in [4.78, 5) is 7.17. The molecule has 1 unspecified atom stereocenters. The fraction of sp³-hybridized carbons (Fsp3) is 0.636. The van der Waals surface area contributed by atoms with Crippen molar-refractivity contribution in [3.8, 4) is 0 Å². The van der Waals surface area contributed by atoms with Crippen molar-refractivity contribution in [1.82, 2.24) is 9.97 Å². The molecular weight excluding hydrogens is 309 g/mol. The summed E-state index contributed by atoms with van der Waals surface area (Å²) in [6.45, 7) is 0.0415. The molecule has 0 radical (unpaired) electrons. The van der Waals surface area contributed by atoms with Crippen LogP contribution >= 0.6 is 0 Å². The second-order valence-corrected chi connectivity index (χ2v) is 7.12. The van der Waals surface area contributed by atoms with Crippen molar-refractivity contribution in [3.05, 3.63) is 11.8 Å². The highest BCUT2D eigenvalue weighted by Gasteiger charge is 2.34. The Kier molecular flexibility index (Phi) is 4.26. The molecule has 0 bridgehead atoms. The summed E-state index contributed by atoms with van der Waals surface area (Å²) in [5.41, 5.74) is -1.08. The number of hydrogen-bond acceptors (Lipinski definition) is 6. The summed E-state index contributed by atoms with van der Waals surface area (Å²) < 4.78 is 61.5. The van der Waals surface area contributed by atoms with Crippen molar-refractivity contribution in [1.29, 1.82) is 0 Å². The molecule has 118 valence electrons. The molecule has 1 fully saturated rings. The van der Waals surface area contributed by atoms with Crippen LogP contribution < -0.4 is 10.6 Å². The van der Waals surface area contributed by atoms with Crippen molar-refractivity contribution in [3.63, 3.8) is 0 Å². The Morgan fingerprint density at radius 1 is 1.38 bits per heavy atom. The van der Waals surface area contributed by atoms with Gasteiger partial charge in [0.15, 0.2) is 15.5 Å². The van der Waals surface area contributed by atoms with Gasteiger partial charge in [-0.15, -0.1) is 0 Å². The van der Waals surface area contributed by atoms with Gasteiger partial charge in [-0.25, -0.2) is 13.4 Å². The average Bonchev–Trinajstić information content (AvgIpc) is 2.74. The van der Waals surface area contributed by atoms with Crippen LogP contribution in [0.5, 0.6) is 0 Å². The largest absolute Gasteiger partial charge is 0.433 e. The fourth-order valence-corrected chi connectivity index (χ4v) is 3.87. The maximum atomic E-state index is 12.7. The lowest BCUT2D eigenvalue weighted by Crippen LogP contribution is -2.25. The van der Waals surface area contributed by atoms with Crippen LogP contribution in [0.15, 0.2) is 6.07 Å². The number of alkyl halides is 3. The third-order valence-electron chi connectivity index (χ3n) is 3.21. The van der Waals surface area contributed by atoms with Gasteiger partial charge < -0.3 is 10.6 Å². The van der Waals surface area contributed by atoms with Gasteiger partial charge in [0, 0.05) is 19.7 Å². The zero-order chi connectivity index (χ0) is 15.7. The fourth-order valence-electron chi connectivity index (χ4n) is 2.10. The van der Waals surface area contributed by atoms with E-state index in [1.807, 2.05) is 0 Å². The van der Waals surface area contributed by atoms with Crippen LogP contribution in [-0.4, -0.2) is 43.0 Å². The summed E-state index contributed by atoms with van der Waals surface area (Å²) in [5, 5.41) is 4.52. The monoisotopic (exact) mass is 324 g/mol. The minimum atomic E-state index is -4.59. The van der Waals surface area contributed by atoms with Crippen molar-refractivity contribution in [2.45, 2.75) is 24.3 Å². The van der Waals surface area contributed by atoms with E-state index in [0.29, 0.717) is 12.8 Å². The molecule has 1 atom stereocenters. The molecule has 2 N–H and O–H groups in total. The van der Waals surface area contributed by atoms with E-state index in [-0.39, 0.29) is 24.1 Å². The summed E-state index contributed by atoms with van der Waals surface area (Å²) >= 11 is 0. The molecule has 10 heteroatoms. The second kappa shape index (κ2) is 5.66. The number of nitrogens with zero attached hydrogens (tertiary/aromatic N) is 2. The average molecular weight is 324 g/mol. The zero-order valence-electron chi connectivity index (χ0n) is 11.2. The number of hydrogen-bond donors (Lipinski definition) is 2. The molecule has 0 aromatic carbocycles. The number of sulfone groups is 1. The molecule has 6 nitrogen and oxygen atoms in total. The van der Waals surface area contributed by atoms with Crippen LogP contribution in [-0.2, 0) is 16.0 Å². The van der Waals surface area contributed by atoms with Crippen LogP contribution in [0.4, 0.5) is 24.9 Å². The molecule has 0 amide bonds. The van der Waals surface area contributed by atoms with E-state index >= 15 is 0 Å². The van der Waals surface area contributed by atoms with Gasteiger partial charge in [-0.1, -0.05) is 0 Å². The maximum absolute atomic E-state index is 12.7. The number of anilines is 2. The van der Waals surface area contributed by atoms with Crippen molar-refractivity contribution in [2.24, 2.45) is 0 Å². The van der Waals surface area contributed by atoms with E-state index in [1.165, 1.54) is 7.05 Å². The van der Waals surface area contributed by atoms with Gasteiger partial charge in [-0.3, -0.25) is 0 Å². The Balaban J connectivity index is 2.16. The Morgan fingerprint density at radius 2 is 2.10 bits per heavy atom. The first kappa shape index (κ1) is 15.8. The van der Waals surface area contributed by atoms with Gasteiger partial charge in [0.1, 0.15) is 5.82 Å². The highest BCUT2D eigenvalue weighted by atomic mass is 32.2. The smallest absolute Gasteiger partial charge is 0.369 e. The summed E-state index contributed by atoms with van der Waals surface area (Å²) in [5.74, 6) is -0.107. The van der Waals surface area contributed by atoms with Gasteiger partial charge >= 0.3 is 6.18 Å². The van der Waals surface area contributed by atoms with E-state index in [4.69, 9.17) is 0 Å². The molecule has 1 aromatic rings. The molecule has 1 saturated heterocycles. The Bertz CT molecular complexity index is 618. The molecule has 2 heterocycles. The molecule has 1 aliphatic rings. The molecule has 1 aliphatic heterocycles. The first-order valence-corrected chi connectivity index (χ1v) is 8.03. The summed E-state index contributed by atoms with van der Waals surface area (Å²) in [6, 6.07) is 0.766. The minimum Gasteiger partial charge on any atom is -0.369 e. The number of halogens is 3. The number of nitrogens with one attached hydrogen (secondary N) is 2. The molecule has 1 aromatic heterocycles. The SMILES string of the molecule is CNc1nc(NCC2CCCS2(=O)=O)cc(C(F)(F)F)n1. The molecule has 0 aliphatic carbocycles. The van der Waals surface area contributed by atoms with Gasteiger partial charge in [0.2, 0.25) is 5.95 Å². The van der Waals surface area contributed by atoms with Gasteiger partial charge in [0.25, 0.3) is 0 Å². The quantitative estimate of drug-likeness (QED) is 0.874. The van der Waals surface area contributed by atoms with Gasteiger partial charge in [0.05, 0.1) is 11.0 Å². The van der Waals surface area contributed by atoms with E-state index in [2.05, 4.69) is 20.6 Å². The summed E-state index contributed by atoms with van der Waals surface area (Å²) in [7, 11) is -1.75. The predicted molar refractivity (Wildman–Crippen MR) is 71.9 cm³/mol. The lowest BCUT2D eigenvalue weighted by molar-refractivity contribution is -0.141. The molecule has 2 rings (SSSR count). The highest BCUT2D eigenvalue weighted by Crippen LogP contribution is 2.29.